The fourth-order valence-electron chi connectivity index (χ4n) is 1.71. The lowest BCUT2D eigenvalue weighted by atomic mass is 10.1. The zero-order valence-corrected chi connectivity index (χ0v) is 14.1. The topological polar surface area (TPSA) is 50.4 Å². The first-order chi connectivity index (χ1) is 9.43. The van der Waals surface area contributed by atoms with Crippen molar-refractivity contribution in [2.75, 3.05) is 19.0 Å². The molecule has 0 aliphatic rings. The Hall–Kier alpha value is -1.23. The monoisotopic (exact) mass is 342 g/mol. The number of anilines is 1. The van der Waals surface area contributed by atoms with E-state index >= 15 is 0 Å². The van der Waals surface area contributed by atoms with Crippen LogP contribution < -0.4 is 15.4 Å². The average molecular weight is 343 g/mol. The summed E-state index contributed by atoms with van der Waals surface area (Å²) in [6.45, 7) is 6.85. The van der Waals surface area contributed by atoms with E-state index in [0.717, 1.165) is 28.9 Å². The smallest absolute Gasteiger partial charge is 0.242 e. The van der Waals surface area contributed by atoms with Gasteiger partial charge in [-0.2, -0.15) is 0 Å². The quantitative estimate of drug-likeness (QED) is 0.798. The van der Waals surface area contributed by atoms with Crippen molar-refractivity contribution in [3.63, 3.8) is 0 Å². The van der Waals surface area contributed by atoms with Gasteiger partial charge in [0.25, 0.3) is 0 Å². The number of rotatable bonds is 7. The van der Waals surface area contributed by atoms with Crippen LogP contribution in [0.15, 0.2) is 22.7 Å². The molecule has 0 fully saturated rings. The number of carbonyl (C=O) groups excluding carboxylic acids is 1. The first-order valence-corrected chi connectivity index (χ1v) is 7.61. The molecule has 112 valence electrons. The van der Waals surface area contributed by atoms with Crippen molar-refractivity contribution in [1.82, 2.24) is 5.32 Å². The van der Waals surface area contributed by atoms with Crippen LogP contribution in [0.4, 0.5) is 5.69 Å². The highest BCUT2D eigenvalue weighted by Gasteiger charge is 2.12. The van der Waals surface area contributed by atoms with E-state index in [-0.39, 0.29) is 11.9 Å². The highest BCUT2D eigenvalue weighted by Crippen LogP contribution is 2.27. The van der Waals surface area contributed by atoms with Gasteiger partial charge in [0.15, 0.2) is 0 Å². The van der Waals surface area contributed by atoms with Gasteiger partial charge in [0.1, 0.15) is 11.8 Å². The van der Waals surface area contributed by atoms with Crippen LogP contribution in [-0.4, -0.2) is 25.6 Å². The van der Waals surface area contributed by atoms with E-state index in [1.807, 2.05) is 25.1 Å². The summed E-state index contributed by atoms with van der Waals surface area (Å²) in [5, 5.41) is 6.11. The molecule has 1 unspecified atom stereocenters. The predicted octanol–water partition coefficient (Wildman–Crippen LogP) is 3.42. The van der Waals surface area contributed by atoms with Crippen LogP contribution in [0.2, 0.25) is 0 Å². The van der Waals surface area contributed by atoms with Crippen LogP contribution in [0.5, 0.6) is 5.75 Å². The molecular weight excluding hydrogens is 320 g/mol. The van der Waals surface area contributed by atoms with Crippen LogP contribution in [0, 0.1) is 5.92 Å². The number of amides is 1. The molecule has 1 aromatic rings. The van der Waals surface area contributed by atoms with E-state index in [2.05, 4.69) is 40.4 Å². The molecule has 0 aliphatic carbocycles. The predicted molar refractivity (Wildman–Crippen MR) is 86.2 cm³/mol. The number of carbonyl (C=O) groups is 1. The second-order valence-corrected chi connectivity index (χ2v) is 6.04. The Kier molecular flexibility index (Phi) is 6.85. The third kappa shape index (κ3) is 5.41. The summed E-state index contributed by atoms with van der Waals surface area (Å²) in [4.78, 5) is 11.9. The highest BCUT2D eigenvalue weighted by molar-refractivity contribution is 9.10. The SMILES string of the molecule is COc1ccc(NC(C)C(=O)NCCC(C)C)cc1Br. The molecule has 0 aliphatic heterocycles. The van der Waals surface area contributed by atoms with Gasteiger partial charge in [-0.15, -0.1) is 0 Å². The van der Waals surface area contributed by atoms with Crippen molar-refractivity contribution >= 4 is 27.5 Å². The molecule has 0 saturated heterocycles. The number of hydrogen-bond acceptors (Lipinski definition) is 3. The minimum atomic E-state index is -0.276. The summed E-state index contributed by atoms with van der Waals surface area (Å²) in [7, 11) is 1.62. The van der Waals surface area contributed by atoms with Gasteiger partial charge in [-0.25, -0.2) is 0 Å². The molecule has 0 spiro atoms. The second-order valence-electron chi connectivity index (χ2n) is 5.19. The standard InChI is InChI=1S/C15H23BrN2O2/c1-10(2)7-8-17-15(19)11(3)18-12-5-6-14(20-4)13(16)9-12/h5-6,9-11,18H,7-8H2,1-4H3,(H,17,19). The highest BCUT2D eigenvalue weighted by atomic mass is 79.9. The Labute approximate surface area is 129 Å². The molecule has 1 aromatic carbocycles. The van der Waals surface area contributed by atoms with E-state index in [0.29, 0.717) is 5.92 Å². The van der Waals surface area contributed by atoms with Gasteiger partial charge in [0, 0.05) is 12.2 Å². The van der Waals surface area contributed by atoms with Gasteiger partial charge < -0.3 is 15.4 Å². The third-order valence-electron chi connectivity index (χ3n) is 2.95. The first kappa shape index (κ1) is 16.8. The lowest BCUT2D eigenvalue weighted by Gasteiger charge is -2.16. The fraction of sp³-hybridized carbons (Fsp3) is 0.533. The molecule has 0 heterocycles. The summed E-state index contributed by atoms with van der Waals surface area (Å²) in [6, 6.07) is 5.37. The Balaban J connectivity index is 2.50. The van der Waals surface area contributed by atoms with Crippen LogP contribution in [0.3, 0.4) is 0 Å². The van der Waals surface area contributed by atoms with E-state index < -0.39 is 0 Å². The maximum Gasteiger partial charge on any atom is 0.242 e. The van der Waals surface area contributed by atoms with Crippen molar-refractivity contribution in [1.29, 1.82) is 0 Å². The minimum absolute atomic E-state index is 0.0117. The van der Waals surface area contributed by atoms with E-state index in [1.165, 1.54) is 0 Å². The van der Waals surface area contributed by atoms with Crippen LogP contribution in [-0.2, 0) is 4.79 Å². The molecule has 0 bridgehead atoms. The van der Waals surface area contributed by atoms with E-state index in [1.54, 1.807) is 7.11 Å². The van der Waals surface area contributed by atoms with E-state index in [4.69, 9.17) is 4.74 Å². The van der Waals surface area contributed by atoms with Crippen molar-refractivity contribution in [2.24, 2.45) is 5.92 Å². The molecule has 20 heavy (non-hydrogen) atoms. The van der Waals surface area contributed by atoms with Gasteiger partial charge >= 0.3 is 0 Å². The molecule has 0 saturated carbocycles. The lowest BCUT2D eigenvalue weighted by Crippen LogP contribution is -2.38. The van der Waals surface area contributed by atoms with Gasteiger partial charge in [0.2, 0.25) is 5.91 Å². The maximum absolute atomic E-state index is 11.9. The lowest BCUT2D eigenvalue weighted by molar-refractivity contribution is -0.121. The number of nitrogens with one attached hydrogen (secondary N) is 2. The number of hydrogen-bond donors (Lipinski definition) is 2. The Morgan fingerprint density at radius 3 is 2.60 bits per heavy atom. The third-order valence-corrected chi connectivity index (χ3v) is 3.57. The second kappa shape index (κ2) is 8.15. The van der Waals surface area contributed by atoms with Crippen molar-refractivity contribution in [3.05, 3.63) is 22.7 Å². The molecule has 2 N–H and O–H groups in total. The number of methoxy groups -OCH3 is 1. The number of ether oxygens (including phenoxy) is 1. The fourth-order valence-corrected chi connectivity index (χ4v) is 2.25. The summed E-state index contributed by atoms with van der Waals surface area (Å²) >= 11 is 3.43. The van der Waals surface area contributed by atoms with Crippen molar-refractivity contribution < 1.29 is 9.53 Å². The minimum Gasteiger partial charge on any atom is -0.496 e. The molecule has 5 heteroatoms. The molecule has 1 atom stereocenters. The average Bonchev–Trinajstić information content (AvgIpc) is 2.38. The zero-order chi connectivity index (χ0) is 15.1. The van der Waals surface area contributed by atoms with Crippen molar-refractivity contribution in [2.45, 2.75) is 33.2 Å². The summed E-state index contributed by atoms with van der Waals surface area (Å²) < 4.78 is 6.03. The van der Waals surface area contributed by atoms with Crippen LogP contribution in [0.25, 0.3) is 0 Å². The van der Waals surface area contributed by atoms with Gasteiger partial charge in [-0.05, 0) is 53.4 Å². The Morgan fingerprint density at radius 1 is 1.35 bits per heavy atom. The number of halogens is 1. The van der Waals surface area contributed by atoms with Crippen LogP contribution in [0.1, 0.15) is 27.2 Å². The molecular formula is C15H23BrN2O2. The van der Waals surface area contributed by atoms with Gasteiger partial charge in [-0.3, -0.25) is 4.79 Å². The Bertz CT molecular complexity index is 449. The van der Waals surface area contributed by atoms with Gasteiger partial charge in [0.05, 0.1) is 11.6 Å². The zero-order valence-electron chi connectivity index (χ0n) is 12.5. The van der Waals surface area contributed by atoms with Crippen molar-refractivity contribution in [3.8, 4) is 5.75 Å². The largest absolute Gasteiger partial charge is 0.496 e. The maximum atomic E-state index is 11.9. The molecule has 1 amide bonds. The molecule has 4 nitrogen and oxygen atoms in total. The van der Waals surface area contributed by atoms with Gasteiger partial charge in [-0.1, -0.05) is 13.8 Å². The Morgan fingerprint density at radius 2 is 2.05 bits per heavy atom. The normalized spacial score (nSPS) is 12.1. The summed E-state index contributed by atoms with van der Waals surface area (Å²) in [5.74, 6) is 1.37. The first-order valence-electron chi connectivity index (χ1n) is 6.81. The summed E-state index contributed by atoms with van der Waals surface area (Å²) in [6.07, 6.45) is 0.993. The molecule has 1 rings (SSSR count). The number of benzene rings is 1. The van der Waals surface area contributed by atoms with E-state index in [9.17, 15) is 4.79 Å². The molecule has 0 aromatic heterocycles. The summed E-state index contributed by atoms with van der Waals surface area (Å²) in [5.41, 5.74) is 0.879. The van der Waals surface area contributed by atoms with Crippen LogP contribution >= 0.6 is 15.9 Å². The molecule has 0 radical (unpaired) electrons.